The number of hydrogen-bond donors (Lipinski definition) is 2. The molecule has 0 radical (unpaired) electrons. The van der Waals surface area contributed by atoms with E-state index >= 15 is 0 Å². The summed E-state index contributed by atoms with van der Waals surface area (Å²) in [6, 6.07) is 11.7. The summed E-state index contributed by atoms with van der Waals surface area (Å²) in [5.74, 6) is 0.967. The van der Waals surface area contributed by atoms with Gasteiger partial charge in [-0.1, -0.05) is 11.2 Å². The largest absolute Gasteiger partial charge is 0.334 e. The fraction of sp³-hybridized carbons (Fsp3) is 0.111. The van der Waals surface area contributed by atoms with Crippen LogP contribution in [0.1, 0.15) is 11.1 Å². The minimum Gasteiger partial charge on any atom is -0.334 e. The summed E-state index contributed by atoms with van der Waals surface area (Å²) in [7, 11) is -3.68. The molecule has 0 fully saturated rings. The van der Waals surface area contributed by atoms with Crippen molar-refractivity contribution in [2.75, 3.05) is 4.72 Å². The Balaban J connectivity index is 1.54. The van der Waals surface area contributed by atoms with Gasteiger partial charge in [0.05, 0.1) is 4.90 Å². The van der Waals surface area contributed by atoms with Gasteiger partial charge < -0.3 is 4.52 Å². The van der Waals surface area contributed by atoms with Crippen molar-refractivity contribution in [3.05, 3.63) is 59.9 Å². The Hall–Kier alpha value is -3.53. The molecular formula is C18H16N6O3S. The summed E-state index contributed by atoms with van der Waals surface area (Å²) in [5, 5.41) is 10.2. The van der Waals surface area contributed by atoms with Crippen molar-refractivity contribution in [2.45, 2.75) is 18.7 Å². The average Bonchev–Trinajstić information content (AvgIpc) is 3.35. The zero-order chi connectivity index (χ0) is 19.7. The number of H-pyrrole nitrogens is 1. The summed E-state index contributed by atoms with van der Waals surface area (Å²) in [6.07, 6.45) is 1.35. The van der Waals surface area contributed by atoms with Crippen LogP contribution in [0.5, 0.6) is 0 Å². The van der Waals surface area contributed by atoms with Crippen LogP contribution in [0.15, 0.2) is 58.2 Å². The summed E-state index contributed by atoms with van der Waals surface area (Å²) in [4.78, 5) is 8.42. The third kappa shape index (κ3) is 3.49. The molecule has 0 aliphatic carbocycles. The highest BCUT2D eigenvalue weighted by atomic mass is 32.2. The third-order valence-corrected chi connectivity index (χ3v) is 5.60. The van der Waals surface area contributed by atoms with Crippen LogP contribution in [0.2, 0.25) is 0 Å². The first-order chi connectivity index (χ1) is 13.4. The van der Waals surface area contributed by atoms with Gasteiger partial charge in [-0.05, 0) is 61.4 Å². The Kier molecular flexibility index (Phi) is 4.40. The normalized spacial score (nSPS) is 11.5. The van der Waals surface area contributed by atoms with Crippen molar-refractivity contribution >= 4 is 15.7 Å². The fourth-order valence-corrected chi connectivity index (χ4v) is 3.67. The maximum absolute atomic E-state index is 12.6. The van der Waals surface area contributed by atoms with Crippen LogP contribution in [0.3, 0.4) is 0 Å². The number of anilines is 1. The molecule has 0 atom stereocenters. The fourth-order valence-electron chi connectivity index (χ4n) is 2.53. The minimum atomic E-state index is -3.68. The second-order valence-corrected chi connectivity index (χ2v) is 7.87. The number of nitrogens with one attached hydrogen (secondary N) is 2. The molecule has 0 aliphatic heterocycles. The van der Waals surface area contributed by atoms with E-state index in [1.165, 1.54) is 6.33 Å². The second-order valence-electron chi connectivity index (χ2n) is 6.19. The predicted molar refractivity (Wildman–Crippen MR) is 102 cm³/mol. The molecule has 10 heteroatoms. The SMILES string of the molecule is Cc1ccc(S(=O)(=O)Nc2ccc(-c3nc(-c4ncn[nH]4)no3)cc2)cc1C. The van der Waals surface area contributed by atoms with Crippen LogP contribution in [0.4, 0.5) is 5.69 Å². The standard InChI is InChI=1S/C18H16N6O3S/c1-11-3-8-15(9-12(11)2)28(25,26)24-14-6-4-13(5-7-14)18-21-17(23-27-18)16-19-10-20-22-16/h3-10,24H,1-2H3,(H,19,20,22). The lowest BCUT2D eigenvalue weighted by atomic mass is 10.1. The third-order valence-electron chi connectivity index (χ3n) is 4.23. The molecule has 28 heavy (non-hydrogen) atoms. The van der Waals surface area contributed by atoms with Crippen molar-refractivity contribution in [2.24, 2.45) is 0 Å². The highest BCUT2D eigenvalue weighted by Gasteiger charge is 2.16. The van der Waals surface area contributed by atoms with Crippen LogP contribution in [0, 0.1) is 13.8 Å². The number of aromatic amines is 1. The summed E-state index contributed by atoms with van der Waals surface area (Å²) >= 11 is 0. The highest BCUT2D eigenvalue weighted by molar-refractivity contribution is 7.92. The minimum absolute atomic E-state index is 0.216. The van der Waals surface area contributed by atoms with E-state index < -0.39 is 10.0 Å². The number of benzene rings is 2. The van der Waals surface area contributed by atoms with E-state index in [0.717, 1.165) is 11.1 Å². The van der Waals surface area contributed by atoms with Crippen LogP contribution in [-0.2, 0) is 10.0 Å². The van der Waals surface area contributed by atoms with Gasteiger partial charge in [-0.2, -0.15) is 10.1 Å². The smallest absolute Gasteiger partial charge is 0.261 e. The van der Waals surface area contributed by atoms with E-state index in [0.29, 0.717) is 17.1 Å². The summed E-state index contributed by atoms with van der Waals surface area (Å²) < 4.78 is 33.0. The van der Waals surface area contributed by atoms with Gasteiger partial charge >= 0.3 is 0 Å². The molecule has 4 aromatic rings. The maximum atomic E-state index is 12.6. The van der Waals surface area contributed by atoms with E-state index in [4.69, 9.17) is 4.52 Å². The number of hydrogen-bond acceptors (Lipinski definition) is 7. The number of aromatic nitrogens is 5. The molecule has 2 aromatic heterocycles. The molecule has 2 heterocycles. The molecule has 0 spiro atoms. The van der Waals surface area contributed by atoms with Crippen LogP contribution in [-0.4, -0.2) is 33.7 Å². The quantitative estimate of drug-likeness (QED) is 0.531. The Bertz CT molecular complexity index is 1210. The van der Waals surface area contributed by atoms with Crippen LogP contribution < -0.4 is 4.72 Å². The number of nitrogens with zero attached hydrogens (tertiary/aromatic N) is 4. The molecule has 4 rings (SSSR count). The summed E-state index contributed by atoms with van der Waals surface area (Å²) in [6.45, 7) is 3.81. The van der Waals surface area contributed by atoms with Crippen molar-refractivity contribution in [1.29, 1.82) is 0 Å². The monoisotopic (exact) mass is 396 g/mol. The number of aryl methyl sites for hydroxylation is 2. The first-order valence-electron chi connectivity index (χ1n) is 8.32. The van der Waals surface area contributed by atoms with Gasteiger partial charge in [0.1, 0.15) is 6.33 Å². The molecule has 2 aromatic carbocycles. The first kappa shape index (κ1) is 17.9. The predicted octanol–water partition coefficient (Wildman–Crippen LogP) is 2.94. The molecule has 0 saturated heterocycles. The van der Waals surface area contributed by atoms with E-state index in [-0.39, 0.29) is 16.6 Å². The molecule has 0 saturated carbocycles. The van der Waals surface area contributed by atoms with Gasteiger partial charge in [0.15, 0.2) is 5.82 Å². The maximum Gasteiger partial charge on any atom is 0.261 e. The Labute approximate surface area is 160 Å². The Morgan fingerprint density at radius 3 is 2.50 bits per heavy atom. The van der Waals surface area contributed by atoms with E-state index in [9.17, 15) is 8.42 Å². The molecule has 9 nitrogen and oxygen atoms in total. The summed E-state index contributed by atoms with van der Waals surface area (Å²) in [5.41, 5.74) is 3.02. The van der Waals surface area contributed by atoms with Gasteiger partial charge in [-0.25, -0.2) is 13.4 Å². The lowest BCUT2D eigenvalue weighted by molar-refractivity contribution is 0.432. The first-order valence-corrected chi connectivity index (χ1v) is 9.81. The molecule has 142 valence electrons. The zero-order valence-corrected chi connectivity index (χ0v) is 15.9. The van der Waals surface area contributed by atoms with Gasteiger partial charge in [-0.15, -0.1) is 0 Å². The topological polar surface area (TPSA) is 127 Å². The van der Waals surface area contributed by atoms with Gasteiger partial charge in [0, 0.05) is 11.3 Å². The van der Waals surface area contributed by atoms with Gasteiger partial charge in [0.2, 0.25) is 5.82 Å². The zero-order valence-electron chi connectivity index (χ0n) is 15.0. The molecule has 2 N–H and O–H groups in total. The molecule has 0 unspecified atom stereocenters. The lowest BCUT2D eigenvalue weighted by Crippen LogP contribution is -2.13. The molecule has 0 amide bonds. The molecule has 0 aliphatic rings. The van der Waals surface area contributed by atoms with Gasteiger partial charge in [0.25, 0.3) is 15.9 Å². The molecular weight excluding hydrogens is 380 g/mol. The van der Waals surface area contributed by atoms with Crippen LogP contribution >= 0.6 is 0 Å². The van der Waals surface area contributed by atoms with E-state index in [2.05, 4.69) is 30.0 Å². The van der Waals surface area contributed by atoms with E-state index in [1.54, 1.807) is 42.5 Å². The molecule has 0 bridgehead atoms. The highest BCUT2D eigenvalue weighted by Crippen LogP contribution is 2.24. The second kappa shape index (κ2) is 6.89. The van der Waals surface area contributed by atoms with Crippen molar-refractivity contribution in [1.82, 2.24) is 25.3 Å². The number of sulfonamides is 1. The van der Waals surface area contributed by atoms with E-state index in [1.807, 2.05) is 13.8 Å². The van der Waals surface area contributed by atoms with Crippen molar-refractivity contribution < 1.29 is 12.9 Å². The Morgan fingerprint density at radius 1 is 1.04 bits per heavy atom. The van der Waals surface area contributed by atoms with Crippen LogP contribution in [0.25, 0.3) is 23.1 Å². The Morgan fingerprint density at radius 2 is 1.82 bits per heavy atom. The number of rotatable bonds is 5. The van der Waals surface area contributed by atoms with Crippen molar-refractivity contribution in [3.8, 4) is 23.1 Å². The van der Waals surface area contributed by atoms with Gasteiger partial charge in [-0.3, -0.25) is 9.82 Å². The average molecular weight is 396 g/mol. The van der Waals surface area contributed by atoms with Crippen molar-refractivity contribution in [3.63, 3.8) is 0 Å². The lowest BCUT2D eigenvalue weighted by Gasteiger charge is -2.10.